The third kappa shape index (κ3) is 19.0. The van der Waals surface area contributed by atoms with E-state index in [1.165, 1.54) is 89.7 Å². The highest BCUT2D eigenvalue weighted by Gasteiger charge is 2.33. The van der Waals surface area contributed by atoms with Crippen LogP contribution in [0.4, 0.5) is 0 Å². The molecule has 15 nitrogen and oxygen atoms in total. The van der Waals surface area contributed by atoms with Crippen LogP contribution in [0.5, 0.6) is 5.75 Å². The van der Waals surface area contributed by atoms with E-state index in [4.69, 9.17) is 9.47 Å². The van der Waals surface area contributed by atoms with Gasteiger partial charge in [-0.25, -0.2) is 19.9 Å². The summed E-state index contributed by atoms with van der Waals surface area (Å²) >= 11 is 0. The molecule has 5 N–H and O–H groups in total. The molecule has 59 heavy (non-hydrogen) atoms. The summed E-state index contributed by atoms with van der Waals surface area (Å²) in [5.74, 6) is -3.07. The number of benzene rings is 1. The van der Waals surface area contributed by atoms with Crippen molar-refractivity contribution in [1.82, 2.24) is 20.8 Å². The molecule has 0 aliphatic carbocycles. The maximum Gasteiger partial charge on any atom is 0.328 e. The van der Waals surface area contributed by atoms with Gasteiger partial charge < -0.3 is 25.2 Å². The second-order valence-electron chi connectivity index (χ2n) is 15.8. The van der Waals surface area contributed by atoms with E-state index in [1.807, 2.05) is 0 Å². The van der Waals surface area contributed by atoms with Crippen LogP contribution in [0.2, 0.25) is 0 Å². The van der Waals surface area contributed by atoms with Gasteiger partial charge in [0.05, 0.1) is 12.0 Å². The first-order chi connectivity index (χ1) is 28.5. The van der Waals surface area contributed by atoms with Crippen LogP contribution >= 0.6 is 0 Å². The lowest BCUT2D eigenvalue weighted by Crippen LogP contribution is -2.48. The van der Waals surface area contributed by atoms with Crippen LogP contribution in [0, 0.1) is 0 Å². The average Bonchev–Trinajstić information content (AvgIpc) is 3.65. The van der Waals surface area contributed by atoms with E-state index < -0.39 is 53.8 Å². The van der Waals surface area contributed by atoms with E-state index >= 15 is 0 Å². The van der Waals surface area contributed by atoms with Gasteiger partial charge in [-0.15, -0.1) is 0 Å². The van der Waals surface area contributed by atoms with Crippen LogP contribution in [0.3, 0.4) is 0 Å². The molecule has 2 aliphatic heterocycles. The molecule has 2 heterocycles. The number of hydrogen-bond donors (Lipinski definition) is 5. The fraction of sp³-hybridized carbons (Fsp3) is 0.682. The van der Waals surface area contributed by atoms with Crippen molar-refractivity contribution in [1.29, 1.82) is 0 Å². The van der Waals surface area contributed by atoms with Gasteiger partial charge in [-0.2, -0.15) is 0 Å². The molecule has 4 atom stereocenters. The number of ether oxygens (including phenoxy) is 2. The lowest BCUT2D eigenvalue weighted by Gasteiger charge is -2.23. The Bertz CT molecular complexity index is 1520. The number of allylic oxidation sites excluding steroid dienone is 1. The fourth-order valence-corrected chi connectivity index (χ4v) is 7.09. The zero-order valence-electron chi connectivity index (χ0n) is 35.3. The van der Waals surface area contributed by atoms with Crippen molar-refractivity contribution in [2.75, 3.05) is 19.7 Å². The van der Waals surface area contributed by atoms with Crippen molar-refractivity contribution in [2.24, 2.45) is 4.99 Å². The molecule has 0 saturated carbocycles. The Hall–Kier alpha value is -4.50. The van der Waals surface area contributed by atoms with Crippen molar-refractivity contribution in [3.63, 3.8) is 0 Å². The number of unbranched alkanes of at least 4 members (excludes halogenated alkanes) is 14. The highest BCUT2D eigenvalue weighted by Crippen LogP contribution is 2.21. The zero-order chi connectivity index (χ0) is 42.8. The minimum atomic E-state index is -1.16. The third-order valence-corrected chi connectivity index (χ3v) is 10.6. The fourth-order valence-electron chi connectivity index (χ4n) is 7.09. The summed E-state index contributed by atoms with van der Waals surface area (Å²) in [7, 11) is 0. The number of aromatic hydroxyl groups is 1. The SMILES string of the molecule is CCCCCCCCCCCCCCCC=CC(=O)N(O)CCCC[C@H](NC(=O)[C@@H]1COC(c2ccccc2O)=N1)C(=O)O[C@@H](C)CC(=O)N[C@H]1CCCCN(O)C1=O. The highest BCUT2D eigenvalue weighted by molar-refractivity contribution is 6.00. The topological polar surface area (TPSA) is 207 Å². The first-order valence-corrected chi connectivity index (χ1v) is 22.0. The molecule has 4 amide bonds. The molecule has 2 aliphatic rings. The molecule has 1 saturated heterocycles. The molecule has 0 unspecified atom stereocenters. The summed E-state index contributed by atoms with van der Waals surface area (Å²) in [4.78, 5) is 68.7. The van der Waals surface area contributed by atoms with Gasteiger partial charge in [0.2, 0.25) is 17.7 Å². The highest BCUT2D eigenvalue weighted by atomic mass is 16.5. The number of carbonyl (C=O) groups excluding carboxylic acids is 5. The van der Waals surface area contributed by atoms with Crippen molar-refractivity contribution < 1.29 is 49.0 Å². The molecule has 3 rings (SSSR count). The maximum absolute atomic E-state index is 13.4. The summed E-state index contributed by atoms with van der Waals surface area (Å²) in [5, 5.41) is 36.9. The van der Waals surface area contributed by atoms with Crippen LogP contribution in [0.25, 0.3) is 0 Å². The molecule has 1 fully saturated rings. The van der Waals surface area contributed by atoms with E-state index in [0.29, 0.717) is 47.8 Å². The summed E-state index contributed by atoms with van der Waals surface area (Å²) in [6, 6.07) is 3.34. The monoisotopic (exact) mass is 828 g/mol. The Morgan fingerprint density at radius 1 is 0.966 bits per heavy atom. The number of hydrogen-bond acceptors (Lipinski definition) is 11. The number of carbonyl (C=O) groups is 5. The molecule has 0 bridgehead atoms. The molecular formula is C44H69N5O10. The van der Waals surface area contributed by atoms with Gasteiger partial charge in [0.25, 0.3) is 11.8 Å². The molecule has 0 spiro atoms. The summed E-state index contributed by atoms with van der Waals surface area (Å²) < 4.78 is 11.1. The van der Waals surface area contributed by atoms with E-state index in [0.717, 1.165) is 19.3 Å². The van der Waals surface area contributed by atoms with Crippen molar-refractivity contribution in [3.05, 3.63) is 42.0 Å². The van der Waals surface area contributed by atoms with Gasteiger partial charge in [-0.3, -0.25) is 29.6 Å². The Morgan fingerprint density at radius 3 is 2.31 bits per heavy atom. The van der Waals surface area contributed by atoms with Gasteiger partial charge in [-0.1, -0.05) is 102 Å². The van der Waals surface area contributed by atoms with Crippen molar-refractivity contribution in [2.45, 2.75) is 173 Å². The first kappa shape index (κ1) is 48.9. The normalized spacial score (nSPS) is 17.8. The molecule has 15 heteroatoms. The van der Waals surface area contributed by atoms with Gasteiger partial charge in [-0.05, 0) is 70.4 Å². The minimum absolute atomic E-state index is 0.00401. The predicted molar refractivity (Wildman–Crippen MR) is 223 cm³/mol. The number of rotatable bonds is 28. The number of amides is 4. The maximum atomic E-state index is 13.4. The molecule has 0 radical (unpaired) electrons. The zero-order valence-corrected chi connectivity index (χ0v) is 35.3. The summed E-state index contributed by atoms with van der Waals surface area (Å²) in [5.41, 5.74) is 0.320. The Kier molecular flexibility index (Phi) is 23.2. The number of para-hydroxylation sites is 1. The van der Waals surface area contributed by atoms with E-state index in [1.54, 1.807) is 24.3 Å². The Balaban J connectivity index is 1.43. The quantitative estimate of drug-likeness (QED) is 0.0200. The molecular weight excluding hydrogens is 759 g/mol. The predicted octanol–water partition coefficient (Wildman–Crippen LogP) is 6.66. The standard InChI is InChI=1S/C44H69N5O10/c1-3-4-5-6-7-8-9-10-11-12-13-14-15-16-17-28-40(52)48(56)29-22-21-26-36(46-41(53)37-32-58-42(47-37)34-24-18-19-27-38(34)50)44(55)59-33(2)31-39(51)45-35-25-20-23-30-49(57)43(35)54/h17-19,24,27-28,33,35-37,50,56-57H,3-16,20-23,25-26,29-32H2,1-2H3,(H,45,51)(H,46,53)/t33-,35-,36-,37-/m0/s1. The number of esters is 1. The molecule has 1 aromatic rings. The number of hydroxylamine groups is 4. The van der Waals surface area contributed by atoms with Gasteiger partial charge in [0.1, 0.15) is 30.5 Å². The first-order valence-electron chi connectivity index (χ1n) is 22.0. The number of nitrogens with one attached hydrogen (secondary N) is 2. The van der Waals surface area contributed by atoms with Gasteiger partial charge in [0.15, 0.2) is 6.04 Å². The van der Waals surface area contributed by atoms with Crippen molar-refractivity contribution >= 4 is 35.5 Å². The summed E-state index contributed by atoms with van der Waals surface area (Å²) in [6.07, 6.45) is 21.5. The van der Waals surface area contributed by atoms with E-state index in [-0.39, 0.29) is 44.2 Å². The van der Waals surface area contributed by atoms with E-state index in [9.17, 15) is 39.5 Å². The van der Waals surface area contributed by atoms with Gasteiger partial charge in [0, 0.05) is 19.2 Å². The molecule has 0 aromatic heterocycles. The number of nitrogens with zero attached hydrogens (tertiary/aromatic N) is 3. The van der Waals surface area contributed by atoms with Crippen LogP contribution in [0.1, 0.15) is 154 Å². The minimum Gasteiger partial charge on any atom is -0.507 e. The second-order valence-corrected chi connectivity index (χ2v) is 15.8. The second kappa shape index (κ2) is 28.1. The Morgan fingerprint density at radius 2 is 1.63 bits per heavy atom. The summed E-state index contributed by atoms with van der Waals surface area (Å²) in [6.45, 7) is 3.83. The Labute approximate surface area is 349 Å². The van der Waals surface area contributed by atoms with Crippen LogP contribution in [0.15, 0.2) is 41.4 Å². The average molecular weight is 828 g/mol. The smallest absolute Gasteiger partial charge is 0.328 e. The van der Waals surface area contributed by atoms with Crippen LogP contribution in [-0.2, 0) is 33.4 Å². The van der Waals surface area contributed by atoms with Crippen LogP contribution < -0.4 is 10.6 Å². The molecule has 1 aromatic carbocycles. The number of phenols is 1. The lowest BCUT2D eigenvalue weighted by molar-refractivity contribution is -0.167. The van der Waals surface area contributed by atoms with Crippen LogP contribution in [-0.4, -0.2) is 105 Å². The van der Waals surface area contributed by atoms with Crippen molar-refractivity contribution in [3.8, 4) is 5.75 Å². The number of aliphatic imine (C=N–C) groups is 1. The molecule has 330 valence electrons. The van der Waals surface area contributed by atoms with E-state index in [2.05, 4.69) is 22.5 Å². The largest absolute Gasteiger partial charge is 0.507 e. The lowest BCUT2D eigenvalue weighted by atomic mass is 10.0. The number of phenolic OH excluding ortho intramolecular Hbond substituents is 1. The third-order valence-electron chi connectivity index (χ3n) is 10.6. The van der Waals surface area contributed by atoms with Gasteiger partial charge >= 0.3 is 5.97 Å².